The van der Waals surface area contributed by atoms with Crippen LogP contribution in [0.3, 0.4) is 0 Å². The first-order valence-corrected chi connectivity index (χ1v) is 10.3. The molecule has 6 heteroatoms. The van der Waals surface area contributed by atoms with Gasteiger partial charge < -0.3 is 9.15 Å². The van der Waals surface area contributed by atoms with Gasteiger partial charge in [0.05, 0.1) is 11.7 Å². The number of ether oxygens (including phenoxy) is 1. The van der Waals surface area contributed by atoms with Gasteiger partial charge in [0.2, 0.25) is 5.78 Å². The molecule has 0 unspecified atom stereocenters. The van der Waals surface area contributed by atoms with Crippen molar-refractivity contribution in [3.63, 3.8) is 0 Å². The van der Waals surface area contributed by atoms with Crippen molar-refractivity contribution in [2.24, 2.45) is 10.8 Å². The van der Waals surface area contributed by atoms with Gasteiger partial charge in [-0.3, -0.25) is 14.4 Å². The minimum atomic E-state index is -1.67. The second kappa shape index (κ2) is 6.25. The summed E-state index contributed by atoms with van der Waals surface area (Å²) in [5.74, 6) is -1.75. The van der Waals surface area contributed by atoms with Crippen LogP contribution in [-0.2, 0) is 4.79 Å². The molecule has 1 aromatic heterocycles. The van der Waals surface area contributed by atoms with Crippen molar-refractivity contribution >= 4 is 33.5 Å². The Morgan fingerprint density at radius 2 is 1.77 bits per heavy atom. The molecular weight excluding hydrogens is 448 g/mol. The van der Waals surface area contributed by atoms with Crippen LogP contribution in [0.2, 0.25) is 0 Å². The largest absolute Gasteiger partial charge is 0.461 e. The Morgan fingerprint density at radius 1 is 1.03 bits per heavy atom. The van der Waals surface area contributed by atoms with E-state index in [0.29, 0.717) is 16.9 Å². The molecule has 0 N–H and O–H groups in total. The van der Waals surface area contributed by atoms with Crippen molar-refractivity contribution in [2.75, 3.05) is 0 Å². The molecule has 3 aromatic rings. The number of aryl methyl sites for hydroxylation is 1. The second-order valence-corrected chi connectivity index (χ2v) is 8.93. The second-order valence-electron chi connectivity index (χ2n) is 8.02. The van der Waals surface area contributed by atoms with Crippen molar-refractivity contribution in [3.05, 3.63) is 87.8 Å². The van der Waals surface area contributed by atoms with Crippen LogP contribution < -0.4 is 4.74 Å². The summed E-state index contributed by atoms with van der Waals surface area (Å²) in [5, 5.41) is 0. The van der Waals surface area contributed by atoms with Crippen molar-refractivity contribution < 1.29 is 23.5 Å². The van der Waals surface area contributed by atoms with E-state index in [1.165, 1.54) is 12.3 Å². The van der Waals surface area contributed by atoms with E-state index in [0.717, 1.165) is 10.0 Å². The van der Waals surface area contributed by atoms with E-state index >= 15 is 0 Å². The fraction of sp³-hybridized carbons (Fsp3) is 0.208. The number of rotatable bonds is 4. The van der Waals surface area contributed by atoms with Gasteiger partial charge in [0, 0.05) is 21.5 Å². The highest BCUT2D eigenvalue weighted by Gasteiger charge is 2.88. The molecule has 2 aromatic carbocycles. The van der Waals surface area contributed by atoms with E-state index < -0.39 is 28.5 Å². The SMILES string of the molecule is Cc1ccc(C(=O)[C@@]2(C)[C@H]3c4cc(Br)ccc4OC(=O)[C@@]32C(=O)c2ccco2)cc1. The molecule has 2 heterocycles. The molecule has 2 aliphatic rings. The highest BCUT2D eigenvalue weighted by molar-refractivity contribution is 9.10. The van der Waals surface area contributed by atoms with Crippen LogP contribution in [0, 0.1) is 17.8 Å². The first kappa shape index (κ1) is 19.0. The van der Waals surface area contributed by atoms with Crippen LogP contribution in [0.4, 0.5) is 0 Å². The molecule has 150 valence electrons. The standard InChI is InChI=1S/C24H17BrO5/c1-13-5-7-14(8-6-13)20(26)23(2)19-16-12-15(25)9-10-17(16)30-22(28)24(19,23)21(27)18-4-3-11-29-18/h3-12,19H,1-2H3/t19-,23-,24+/m1/s1. The summed E-state index contributed by atoms with van der Waals surface area (Å²) in [6, 6.07) is 15.5. The molecule has 5 nitrogen and oxygen atoms in total. The average Bonchev–Trinajstić information content (AvgIpc) is 3.04. The Kier molecular flexibility index (Phi) is 3.96. The van der Waals surface area contributed by atoms with Crippen LogP contribution in [0.5, 0.6) is 5.75 Å². The van der Waals surface area contributed by atoms with E-state index in [1.54, 1.807) is 37.3 Å². The van der Waals surface area contributed by atoms with Gasteiger partial charge in [0.25, 0.3) is 0 Å². The molecule has 0 spiro atoms. The van der Waals surface area contributed by atoms with E-state index in [2.05, 4.69) is 15.9 Å². The van der Waals surface area contributed by atoms with Crippen molar-refractivity contribution in [1.82, 2.24) is 0 Å². The number of carbonyl (C=O) groups is 3. The number of esters is 1. The summed E-state index contributed by atoms with van der Waals surface area (Å²) in [5.41, 5.74) is -0.837. The molecule has 1 aliphatic heterocycles. The Bertz CT molecular complexity index is 1210. The summed E-state index contributed by atoms with van der Waals surface area (Å²) in [4.78, 5) is 40.6. The molecule has 0 radical (unpaired) electrons. The maximum atomic E-state index is 13.7. The van der Waals surface area contributed by atoms with Gasteiger partial charge >= 0.3 is 5.97 Å². The smallest absolute Gasteiger partial charge is 0.327 e. The van der Waals surface area contributed by atoms with Crippen molar-refractivity contribution in [2.45, 2.75) is 19.8 Å². The van der Waals surface area contributed by atoms with Crippen LogP contribution in [-0.4, -0.2) is 17.5 Å². The van der Waals surface area contributed by atoms with Crippen molar-refractivity contribution in [1.29, 1.82) is 0 Å². The van der Waals surface area contributed by atoms with Crippen LogP contribution in [0.15, 0.2) is 69.8 Å². The molecule has 30 heavy (non-hydrogen) atoms. The number of furan rings is 1. The molecule has 0 bridgehead atoms. The average molecular weight is 465 g/mol. The van der Waals surface area contributed by atoms with Gasteiger partial charge in [-0.15, -0.1) is 0 Å². The minimum Gasteiger partial charge on any atom is -0.461 e. The number of ketones is 2. The van der Waals surface area contributed by atoms with E-state index in [4.69, 9.17) is 9.15 Å². The van der Waals surface area contributed by atoms with Gasteiger partial charge in [-0.1, -0.05) is 52.7 Å². The summed E-state index contributed by atoms with van der Waals surface area (Å²) < 4.78 is 11.7. The number of Topliss-reactive ketones (excluding diaryl/α,β-unsaturated/α-hetero) is 2. The maximum Gasteiger partial charge on any atom is 0.327 e. The predicted molar refractivity (Wildman–Crippen MR) is 112 cm³/mol. The summed E-state index contributed by atoms with van der Waals surface area (Å²) in [6.45, 7) is 3.61. The molecule has 1 aliphatic carbocycles. The quantitative estimate of drug-likeness (QED) is 0.231. The lowest BCUT2D eigenvalue weighted by molar-refractivity contribution is -0.140. The monoisotopic (exact) mass is 464 g/mol. The summed E-state index contributed by atoms with van der Waals surface area (Å²) in [7, 11) is 0. The van der Waals surface area contributed by atoms with Gasteiger partial charge in [-0.05, 0) is 37.3 Å². The number of hydrogen-bond donors (Lipinski definition) is 0. The zero-order chi connectivity index (χ0) is 21.3. The Labute approximate surface area is 181 Å². The third-order valence-corrected chi connectivity index (χ3v) is 6.94. The highest BCUT2D eigenvalue weighted by atomic mass is 79.9. The molecule has 1 fully saturated rings. The van der Waals surface area contributed by atoms with E-state index in [1.807, 2.05) is 25.1 Å². The molecular formula is C24H17BrO5. The Hall–Kier alpha value is -2.99. The van der Waals surface area contributed by atoms with Gasteiger partial charge in [-0.25, -0.2) is 0 Å². The fourth-order valence-corrected chi connectivity index (χ4v) is 5.27. The first-order chi connectivity index (χ1) is 14.3. The number of benzene rings is 2. The van der Waals surface area contributed by atoms with Gasteiger partial charge in [-0.2, -0.15) is 0 Å². The minimum absolute atomic E-state index is 0.0378. The third-order valence-electron chi connectivity index (χ3n) is 6.44. The van der Waals surface area contributed by atoms with E-state index in [-0.39, 0.29) is 11.5 Å². The third kappa shape index (κ3) is 2.25. The van der Waals surface area contributed by atoms with Crippen LogP contribution in [0.25, 0.3) is 0 Å². The number of carbonyl (C=O) groups excluding carboxylic acids is 3. The summed E-state index contributed by atoms with van der Waals surface area (Å²) >= 11 is 3.44. The van der Waals surface area contributed by atoms with Crippen LogP contribution >= 0.6 is 15.9 Å². The lowest BCUT2D eigenvalue weighted by Crippen LogP contribution is -2.39. The normalized spacial score (nSPS) is 26.4. The number of halogens is 1. The Morgan fingerprint density at radius 3 is 2.43 bits per heavy atom. The fourth-order valence-electron chi connectivity index (χ4n) is 4.89. The van der Waals surface area contributed by atoms with Gasteiger partial charge in [0.15, 0.2) is 17.0 Å². The zero-order valence-electron chi connectivity index (χ0n) is 16.3. The Balaban J connectivity index is 1.73. The maximum absolute atomic E-state index is 13.7. The van der Waals surface area contributed by atoms with E-state index in [9.17, 15) is 14.4 Å². The van der Waals surface area contributed by atoms with Crippen LogP contribution in [0.1, 0.15) is 44.9 Å². The molecule has 0 amide bonds. The lowest BCUT2D eigenvalue weighted by Gasteiger charge is -2.22. The highest BCUT2D eigenvalue weighted by Crippen LogP contribution is 2.79. The lowest BCUT2D eigenvalue weighted by atomic mass is 9.83. The molecule has 1 saturated carbocycles. The molecule has 0 saturated heterocycles. The van der Waals surface area contributed by atoms with Crippen molar-refractivity contribution in [3.8, 4) is 5.75 Å². The summed E-state index contributed by atoms with van der Waals surface area (Å²) in [6.07, 6.45) is 1.37. The topological polar surface area (TPSA) is 73.6 Å². The molecule has 3 atom stereocenters. The number of fused-ring (bicyclic) bond motifs is 3. The first-order valence-electron chi connectivity index (χ1n) is 9.53. The number of hydrogen-bond acceptors (Lipinski definition) is 5. The van der Waals surface area contributed by atoms with Gasteiger partial charge in [0.1, 0.15) is 5.75 Å². The zero-order valence-corrected chi connectivity index (χ0v) is 17.9. The predicted octanol–water partition coefficient (Wildman–Crippen LogP) is 5.13. The molecule has 5 rings (SSSR count).